The number of para-hydroxylation sites is 1. The van der Waals surface area contributed by atoms with Crippen molar-refractivity contribution in [2.75, 3.05) is 7.05 Å². The molecule has 0 aliphatic heterocycles. The number of benzene rings is 1. The highest BCUT2D eigenvalue weighted by Crippen LogP contribution is 2.28. The molecule has 3 heteroatoms. The molecule has 0 spiro atoms. The van der Waals surface area contributed by atoms with Crippen molar-refractivity contribution in [2.45, 2.75) is 25.4 Å². The highest BCUT2D eigenvalue weighted by Gasteiger charge is 2.27. The molecule has 1 aromatic carbocycles. The molecule has 0 saturated heterocycles. The molecule has 3 nitrogen and oxygen atoms in total. The minimum atomic E-state index is -0.120. The van der Waals surface area contributed by atoms with Gasteiger partial charge < -0.3 is 16.0 Å². The second kappa shape index (κ2) is 3.92. The van der Waals surface area contributed by atoms with E-state index in [4.69, 9.17) is 5.73 Å². The van der Waals surface area contributed by atoms with Crippen LogP contribution in [-0.4, -0.2) is 17.6 Å². The molecule has 16 heavy (non-hydrogen) atoms. The summed E-state index contributed by atoms with van der Waals surface area (Å²) in [7, 11) is 1.94. The minimum absolute atomic E-state index is 0.0337. The predicted octanol–water partition coefficient (Wildman–Crippen LogP) is 2.17. The van der Waals surface area contributed by atoms with E-state index in [0.717, 1.165) is 11.1 Å². The predicted molar refractivity (Wildman–Crippen MR) is 68.4 cm³/mol. The molecule has 0 fully saturated rings. The van der Waals surface area contributed by atoms with Crippen molar-refractivity contribution in [3.8, 4) is 0 Å². The summed E-state index contributed by atoms with van der Waals surface area (Å²) >= 11 is 0. The van der Waals surface area contributed by atoms with Crippen LogP contribution in [0, 0.1) is 0 Å². The van der Waals surface area contributed by atoms with Gasteiger partial charge in [0.2, 0.25) is 0 Å². The number of rotatable bonds is 3. The molecule has 0 bridgehead atoms. The number of nitrogens with two attached hydrogens (primary N) is 1. The summed E-state index contributed by atoms with van der Waals surface area (Å²) in [5.74, 6) is 0. The van der Waals surface area contributed by atoms with Gasteiger partial charge in [-0.3, -0.25) is 0 Å². The van der Waals surface area contributed by atoms with Crippen LogP contribution in [0.2, 0.25) is 0 Å². The molecular weight excluding hydrogens is 198 g/mol. The highest BCUT2D eigenvalue weighted by molar-refractivity contribution is 5.83. The summed E-state index contributed by atoms with van der Waals surface area (Å²) < 4.78 is 0. The summed E-state index contributed by atoms with van der Waals surface area (Å²) in [5.41, 5.74) is 8.49. The molecule has 4 N–H and O–H groups in total. The summed E-state index contributed by atoms with van der Waals surface area (Å²) in [6.07, 6.45) is 2.01. The fourth-order valence-corrected chi connectivity index (χ4v) is 1.90. The number of fused-ring (bicyclic) bond motifs is 1. The average Bonchev–Trinajstić information content (AvgIpc) is 2.71. The Labute approximate surface area is 96.0 Å². The quantitative estimate of drug-likeness (QED) is 0.738. The first-order chi connectivity index (χ1) is 7.56. The maximum absolute atomic E-state index is 6.31. The topological polar surface area (TPSA) is 53.8 Å². The maximum Gasteiger partial charge on any atom is 0.0495 e. The van der Waals surface area contributed by atoms with Crippen molar-refractivity contribution in [3.63, 3.8) is 0 Å². The van der Waals surface area contributed by atoms with Gasteiger partial charge in [-0.05, 0) is 32.5 Å². The van der Waals surface area contributed by atoms with Crippen molar-refractivity contribution >= 4 is 10.9 Å². The van der Waals surface area contributed by atoms with E-state index < -0.39 is 0 Å². The van der Waals surface area contributed by atoms with Gasteiger partial charge in [-0.25, -0.2) is 0 Å². The van der Waals surface area contributed by atoms with E-state index in [1.165, 1.54) is 5.39 Å². The standard InChI is InChI=1S/C13H19N3/c1-13(2,15-3)12(14)10-8-16-11-7-5-4-6-9(10)11/h4-8,12,15-16H,14H2,1-3H3. The first-order valence-corrected chi connectivity index (χ1v) is 5.57. The maximum atomic E-state index is 6.31. The lowest BCUT2D eigenvalue weighted by Crippen LogP contribution is -2.46. The van der Waals surface area contributed by atoms with Gasteiger partial charge in [0.1, 0.15) is 0 Å². The van der Waals surface area contributed by atoms with E-state index in [1.807, 2.05) is 25.4 Å². The second-order valence-corrected chi connectivity index (χ2v) is 4.74. The Morgan fingerprint density at radius 1 is 1.31 bits per heavy atom. The number of H-pyrrole nitrogens is 1. The zero-order valence-corrected chi connectivity index (χ0v) is 10.0. The van der Waals surface area contributed by atoms with Gasteiger partial charge in [0, 0.05) is 28.7 Å². The fraction of sp³-hybridized carbons (Fsp3) is 0.385. The van der Waals surface area contributed by atoms with Crippen LogP contribution in [0.1, 0.15) is 25.5 Å². The van der Waals surface area contributed by atoms with Crippen molar-refractivity contribution in [3.05, 3.63) is 36.0 Å². The van der Waals surface area contributed by atoms with Crippen LogP contribution in [0.25, 0.3) is 10.9 Å². The normalized spacial score (nSPS) is 14.2. The van der Waals surface area contributed by atoms with Crippen molar-refractivity contribution < 1.29 is 0 Å². The van der Waals surface area contributed by atoms with Crippen LogP contribution in [0.4, 0.5) is 0 Å². The number of hydrogen-bond acceptors (Lipinski definition) is 2. The van der Waals surface area contributed by atoms with Crippen LogP contribution < -0.4 is 11.1 Å². The van der Waals surface area contributed by atoms with Gasteiger partial charge in [0.15, 0.2) is 0 Å². The van der Waals surface area contributed by atoms with Gasteiger partial charge in [0.25, 0.3) is 0 Å². The van der Waals surface area contributed by atoms with Crippen molar-refractivity contribution in [1.82, 2.24) is 10.3 Å². The lowest BCUT2D eigenvalue weighted by molar-refractivity contribution is 0.350. The first kappa shape index (κ1) is 11.2. The molecule has 0 aliphatic rings. The minimum Gasteiger partial charge on any atom is -0.361 e. The number of likely N-dealkylation sites (N-methyl/N-ethyl adjacent to an activating group) is 1. The summed E-state index contributed by atoms with van der Waals surface area (Å²) in [6.45, 7) is 4.22. The van der Waals surface area contributed by atoms with Crippen LogP contribution >= 0.6 is 0 Å². The SMILES string of the molecule is CNC(C)(C)C(N)c1c[nH]c2ccccc12. The fourth-order valence-electron chi connectivity index (χ4n) is 1.90. The molecule has 2 aromatic rings. The zero-order valence-electron chi connectivity index (χ0n) is 10.0. The van der Waals surface area contributed by atoms with Crippen LogP contribution in [0.15, 0.2) is 30.5 Å². The molecule has 1 unspecified atom stereocenters. The molecular formula is C13H19N3. The van der Waals surface area contributed by atoms with Crippen molar-refractivity contribution in [2.24, 2.45) is 5.73 Å². The van der Waals surface area contributed by atoms with E-state index in [0.29, 0.717) is 0 Å². The van der Waals surface area contributed by atoms with Gasteiger partial charge in [-0.2, -0.15) is 0 Å². The number of aromatic amines is 1. The monoisotopic (exact) mass is 217 g/mol. The molecule has 0 saturated carbocycles. The Morgan fingerprint density at radius 3 is 2.69 bits per heavy atom. The van der Waals surface area contributed by atoms with E-state index in [2.05, 4.69) is 36.3 Å². The Bertz CT molecular complexity index is 485. The molecule has 1 atom stereocenters. The summed E-state index contributed by atoms with van der Waals surface area (Å²) in [4.78, 5) is 3.26. The second-order valence-electron chi connectivity index (χ2n) is 4.74. The molecule has 2 rings (SSSR count). The van der Waals surface area contributed by atoms with Gasteiger partial charge in [-0.15, -0.1) is 0 Å². The molecule has 0 amide bonds. The third kappa shape index (κ3) is 1.72. The lowest BCUT2D eigenvalue weighted by atomic mass is 9.89. The third-order valence-electron chi connectivity index (χ3n) is 3.38. The van der Waals surface area contributed by atoms with Crippen molar-refractivity contribution in [1.29, 1.82) is 0 Å². The van der Waals surface area contributed by atoms with Gasteiger partial charge in [0.05, 0.1) is 0 Å². The smallest absolute Gasteiger partial charge is 0.0495 e. The Kier molecular flexibility index (Phi) is 2.74. The Hall–Kier alpha value is -1.32. The zero-order chi connectivity index (χ0) is 11.8. The number of hydrogen-bond donors (Lipinski definition) is 3. The number of nitrogens with one attached hydrogen (secondary N) is 2. The molecule has 86 valence electrons. The lowest BCUT2D eigenvalue weighted by Gasteiger charge is -2.31. The highest BCUT2D eigenvalue weighted by atomic mass is 15.0. The number of aromatic nitrogens is 1. The first-order valence-electron chi connectivity index (χ1n) is 5.57. The molecule has 1 aromatic heterocycles. The molecule has 0 aliphatic carbocycles. The van der Waals surface area contributed by atoms with Crippen LogP contribution in [0.5, 0.6) is 0 Å². The largest absolute Gasteiger partial charge is 0.361 e. The van der Waals surface area contributed by atoms with E-state index in [9.17, 15) is 0 Å². The molecule has 0 radical (unpaired) electrons. The summed E-state index contributed by atoms with van der Waals surface area (Å²) in [6, 6.07) is 8.20. The van der Waals surface area contributed by atoms with Crippen LogP contribution in [0.3, 0.4) is 0 Å². The van der Waals surface area contributed by atoms with Crippen LogP contribution in [-0.2, 0) is 0 Å². The Balaban J connectivity index is 2.48. The van der Waals surface area contributed by atoms with E-state index in [-0.39, 0.29) is 11.6 Å². The third-order valence-corrected chi connectivity index (χ3v) is 3.38. The van der Waals surface area contributed by atoms with Gasteiger partial charge in [-0.1, -0.05) is 18.2 Å². The van der Waals surface area contributed by atoms with Gasteiger partial charge >= 0.3 is 0 Å². The average molecular weight is 217 g/mol. The molecule has 1 heterocycles. The van der Waals surface area contributed by atoms with E-state index in [1.54, 1.807) is 0 Å². The summed E-state index contributed by atoms with van der Waals surface area (Å²) in [5, 5.41) is 4.46. The van der Waals surface area contributed by atoms with E-state index >= 15 is 0 Å². The Morgan fingerprint density at radius 2 is 2.00 bits per heavy atom.